The van der Waals surface area contributed by atoms with Crippen LogP contribution < -0.4 is 0 Å². The zero-order chi connectivity index (χ0) is 16.4. The number of phenolic OH excluding ortho intramolecular Hbond substituents is 2. The van der Waals surface area contributed by atoms with Crippen molar-refractivity contribution in [2.24, 2.45) is 0 Å². The Kier molecular flexibility index (Phi) is 3.85. The molecular weight excluding hydrogens is 288 g/mol. The molecular formula is C20H16O3. The molecule has 0 spiro atoms. The predicted molar refractivity (Wildman–Crippen MR) is 90.8 cm³/mol. The van der Waals surface area contributed by atoms with Crippen LogP contribution in [0.2, 0.25) is 0 Å². The first kappa shape index (κ1) is 14.9. The fourth-order valence-corrected chi connectivity index (χ4v) is 2.73. The standard InChI is InChI=1S/C20H16O3/c1-13-5-4-7-14(9-13)20-18(22)10-16(11-19(20)23)17-8-3-2-6-15(17)12-21/h2-12,22-23H,1H3. The summed E-state index contributed by atoms with van der Waals surface area (Å²) in [7, 11) is 0. The third-order valence-corrected chi connectivity index (χ3v) is 3.80. The Morgan fingerprint density at radius 3 is 2.17 bits per heavy atom. The van der Waals surface area contributed by atoms with E-state index in [9.17, 15) is 15.0 Å². The van der Waals surface area contributed by atoms with E-state index >= 15 is 0 Å². The Morgan fingerprint density at radius 1 is 0.826 bits per heavy atom. The summed E-state index contributed by atoms with van der Waals surface area (Å²) in [5.74, 6) is -0.0439. The highest BCUT2D eigenvalue weighted by atomic mass is 16.3. The second-order valence-electron chi connectivity index (χ2n) is 5.46. The lowest BCUT2D eigenvalue weighted by molar-refractivity contribution is 0.112. The maximum atomic E-state index is 11.2. The summed E-state index contributed by atoms with van der Waals surface area (Å²) in [5, 5.41) is 20.8. The second-order valence-corrected chi connectivity index (χ2v) is 5.46. The van der Waals surface area contributed by atoms with Crippen molar-refractivity contribution in [2.75, 3.05) is 0 Å². The summed E-state index contributed by atoms with van der Waals surface area (Å²) in [6.07, 6.45) is 0.762. The van der Waals surface area contributed by atoms with E-state index in [1.54, 1.807) is 30.3 Å². The molecule has 114 valence electrons. The highest BCUT2D eigenvalue weighted by Gasteiger charge is 2.14. The minimum absolute atomic E-state index is 0.0219. The highest BCUT2D eigenvalue weighted by Crippen LogP contribution is 2.41. The maximum Gasteiger partial charge on any atom is 0.150 e. The van der Waals surface area contributed by atoms with E-state index in [4.69, 9.17) is 0 Å². The van der Waals surface area contributed by atoms with Crippen molar-refractivity contribution < 1.29 is 15.0 Å². The van der Waals surface area contributed by atoms with Crippen LogP contribution in [0.15, 0.2) is 60.7 Å². The number of aromatic hydroxyl groups is 2. The number of phenols is 2. The van der Waals surface area contributed by atoms with Gasteiger partial charge in [0.15, 0.2) is 6.29 Å². The van der Waals surface area contributed by atoms with Gasteiger partial charge in [-0.15, -0.1) is 0 Å². The minimum Gasteiger partial charge on any atom is -0.507 e. The Bertz CT molecular complexity index is 859. The van der Waals surface area contributed by atoms with Crippen LogP contribution in [0.1, 0.15) is 15.9 Å². The van der Waals surface area contributed by atoms with Crippen molar-refractivity contribution in [1.29, 1.82) is 0 Å². The summed E-state index contributed by atoms with van der Waals surface area (Å²) in [6.45, 7) is 1.95. The molecule has 3 nitrogen and oxygen atoms in total. The maximum absolute atomic E-state index is 11.2. The third-order valence-electron chi connectivity index (χ3n) is 3.80. The lowest BCUT2D eigenvalue weighted by Gasteiger charge is -2.12. The van der Waals surface area contributed by atoms with Gasteiger partial charge in [0.05, 0.1) is 5.56 Å². The van der Waals surface area contributed by atoms with Crippen molar-refractivity contribution in [3.8, 4) is 33.8 Å². The lowest BCUT2D eigenvalue weighted by Crippen LogP contribution is -1.89. The third kappa shape index (κ3) is 2.81. The number of aldehydes is 1. The van der Waals surface area contributed by atoms with Gasteiger partial charge >= 0.3 is 0 Å². The molecule has 3 heteroatoms. The molecule has 3 aromatic carbocycles. The molecule has 23 heavy (non-hydrogen) atoms. The van der Waals surface area contributed by atoms with Gasteiger partial charge in [-0.05, 0) is 35.7 Å². The van der Waals surface area contributed by atoms with Crippen molar-refractivity contribution in [2.45, 2.75) is 6.92 Å². The molecule has 0 amide bonds. The van der Waals surface area contributed by atoms with Gasteiger partial charge in [-0.25, -0.2) is 0 Å². The van der Waals surface area contributed by atoms with Gasteiger partial charge in [0.1, 0.15) is 11.5 Å². The fraction of sp³-hybridized carbons (Fsp3) is 0.0500. The van der Waals surface area contributed by atoms with E-state index < -0.39 is 0 Å². The summed E-state index contributed by atoms with van der Waals surface area (Å²) in [4.78, 5) is 11.2. The molecule has 0 bridgehead atoms. The number of hydrogen-bond acceptors (Lipinski definition) is 3. The van der Waals surface area contributed by atoms with Crippen LogP contribution in [0.5, 0.6) is 11.5 Å². The van der Waals surface area contributed by atoms with Crippen molar-refractivity contribution in [1.82, 2.24) is 0 Å². The van der Waals surface area contributed by atoms with Gasteiger partial charge in [0.2, 0.25) is 0 Å². The van der Waals surface area contributed by atoms with Gasteiger partial charge in [-0.3, -0.25) is 4.79 Å². The normalized spacial score (nSPS) is 10.5. The molecule has 0 unspecified atom stereocenters. The van der Waals surface area contributed by atoms with E-state index in [1.807, 2.05) is 37.3 Å². The molecule has 0 saturated carbocycles. The average Bonchev–Trinajstić information content (AvgIpc) is 2.54. The molecule has 3 aromatic rings. The number of benzene rings is 3. The van der Waals surface area contributed by atoms with Crippen LogP contribution in [-0.4, -0.2) is 16.5 Å². The Hall–Kier alpha value is -3.07. The topological polar surface area (TPSA) is 57.5 Å². The van der Waals surface area contributed by atoms with E-state index in [-0.39, 0.29) is 11.5 Å². The molecule has 0 heterocycles. The molecule has 0 saturated heterocycles. The first-order valence-corrected chi connectivity index (χ1v) is 7.28. The van der Waals surface area contributed by atoms with Crippen LogP contribution in [-0.2, 0) is 0 Å². The van der Waals surface area contributed by atoms with Crippen LogP contribution in [0.4, 0.5) is 0 Å². The quantitative estimate of drug-likeness (QED) is 0.698. The monoisotopic (exact) mass is 304 g/mol. The Balaban J connectivity index is 2.16. The largest absolute Gasteiger partial charge is 0.507 e. The molecule has 3 rings (SSSR count). The number of aryl methyl sites for hydroxylation is 1. The molecule has 0 fully saturated rings. The van der Waals surface area contributed by atoms with E-state index in [0.29, 0.717) is 22.3 Å². The molecule has 0 radical (unpaired) electrons. The number of hydrogen-bond donors (Lipinski definition) is 2. The van der Waals surface area contributed by atoms with Crippen LogP contribution in [0, 0.1) is 6.92 Å². The zero-order valence-electron chi connectivity index (χ0n) is 12.7. The van der Waals surface area contributed by atoms with Gasteiger partial charge in [0.25, 0.3) is 0 Å². The van der Waals surface area contributed by atoms with Crippen LogP contribution >= 0.6 is 0 Å². The molecule has 0 aliphatic carbocycles. The first-order chi connectivity index (χ1) is 11.1. The molecule has 2 N–H and O–H groups in total. The predicted octanol–water partition coefficient (Wildman–Crippen LogP) is 4.55. The van der Waals surface area contributed by atoms with Crippen LogP contribution in [0.25, 0.3) is 22.3 Å². The van der Waals surface area contributed by atoms with Gasteiger partial charge < -0.3 is 10.2 Å². The first-order valence-electron chi connectivity index (χ1n) is 7.28. The summed E-state index contributed by atoms with van der Waals surface area (Å²) < 4.78 is 0. The number of rotatable bonds is 3. The van der Waals surface area contributed by atoms with Crippen molar-refractivity contribution in [3.63, 3.8) is 0 Å². The SMILES string of the molecule is Cc1cccc(-c2c(O)cc(-c3ccccc3C=O)cc2O)c1. The molecule has 0 aliphatic heterocycles. The summed E-state index contributed by atoms with van der Waals surface area (Å²) in [5.41, 5.74) is 3.95. The van der Waals surface area contributed by atoms with Crippen molar-refractivity contribution in [3.05, 3.63) is 71.8 Å². The van der Waals surface area contributed by atoms with E-state index in [2.05, 4.69) is 0 Å². The van der Waals surface area contributed by atoms with Crippen LogP contribution in [0.3, 0.4) is 0 Å². The Labute approximate surface area is 134 Å². The molecule has 0 atom stereocenters. The fourth-order valence-electron chi connectivity index (χ4n) is 2.73. The van der Waals surface area contributed by atoms with Gasteiger partial charge in [-0.2, -0.15) is 0 Å². The Morgan fingerprint density at radius 2 is 1.52 bits per heavy atom. The second kappa shape index (κ2) is 5.97. The van der Waals surface area contributed by atoms with E-state index in [0.717, 1.165) is 17.4 Å². The highest BCUT2D eigenvalue weighted by molar-refractivity contribution is 5.90. The summed E-state index contributed by atoms with van der Waals surface area (Å²) in [6, 6.07) is 17.8. The molecule has 0 aromatic heterocycles. The van der Waals surface area contributed by atoms with Crippen molar-refractivity contribution >= 4 is 6.29 Å². The molecule has 0 aliphatic rings. The minimum atomic E-state index is -0.0219. The average molecular weight is 304 g/mol. The zero-order valence-corrected chi connectivity index (χ0v) is 12.7. The van der Waals surface area contributed by atoms with Gasteiger partial charge in [-0.1, -0.05) is 54.1 Å². The number of carbonyl (C=O) groups is 1. The smallest absolute Gasteiger partial charge is 0.150 e. The number of carbonyl (C=O) groups excluding carboxylic acids is 1. The van der Waals surface area contributed by atoms with Gasteiger partial charge in [0, 0.05) is 5.56 Å². The lowest BCUT2D eigenvalue weighted by atomic mass is 9.95. The summed E-state index contributed by atoms with van der Waals surface area (Å²) >= 11 is 0. The van der Waals surface area contributed by atoms with E-state index in [1.165, 1.54) is 0 Å².